The number of rotatable bonds is 7. The maximum absolute atomic E-state index is 10.7. The van der Waals surface area contributed by atoms with Gasteiger partial charge in [-0.3, -0.25) is 20.2 Å². The molecular formula is C21H18N2O4. The number of aryl methyl sites for hydroxylation is 1. The summed E-state index contributed by atoms with van der Waals surface area (Å²) < 4.78 is 0. The van der Waals surface area contributed by atoms with E-state index >= 15 is 0 Å². The third-order valence-electron chi connectivity index (χ3n) is 5.26. The van der Waals surface area contributed by atoms with Crippen molar-refractivity contribution in [1.82, 2.24) is 0 Å². The van der Waals surface area contributed by atoms with Crippen LogP contribution in [0.15, 0.2) is 54.6 Å². The second-order valence-corrected chi connectivity index (χ2v) is 6.88. The van der Waals surface area contributed by atoms with Gasteiger partial charge in [-0.15, -0.1) is 0 Å². The van der Waals surface area contributed by atoms with Gasteiger partial charge in [-0.25, -0.2) is 0 Å². The minimum Gasteiger partial charge on any atom is -0.259 e. The van der Waals surface area contributed by atoms with E-state index in [2.05, 4.69) is 54.6 Å². The number of nitrogens with zero attached hydrogens (tertiary/aromatic N) is 2. The third-order valence-corrected chi connectivity index (χ3v) is 5.26. The highest BCUT2D eigenvalue weighted by Crippen LogP contribution is 2.36. The molecule has 0 N–H and O–H groups in total. The normalized spacial score (nSPS) is 11.7. The Morgan fingerprint density at radius 1 is 0.741 bits per heavy atom. The molecule has 6 heteroatoms. The van der Waals surface area contributed by atoms with Crippen molar-refractivity contribution >= 4 is 32.3 Å². The fourth-order valence-corrected chi connectivity index (χ4v) is 3.94. The van der Waals surface area contributed by atoms with Crippen LogP contribution in [0.4, 0.5) is 0 Å². The van der Waals surface area contributed by atoms with E-state index in [-0.39, 0.29) is 6.42 Å². The lowest BCUT2D eigenvalue weighted by Crippen LogP contribution is -2.28. The molecule has 0 aliphatic rings. The lowest BCUT2D eigenvalue weighted by atomic mass is 9.90. The van der Waals surface area contributed by atoms with Gasteiger partial charge in [0.25, 0.3) is 0 Å². The molecule has 0 radical (unpaired) electrons. The quantitative estimate of drug-likeness (QED) is 0.149. The second-order valence-electron chi connectivity index (χ2n) is 6.88. The van der Waals surface area contributed by atoms with E-state index in [0.717, 1.165) is 6.42 Å². The molecule has 0 spiro atoms. The van der Waals surface area contributed by atoms with Gasteiger partial charge in [0.05, 0.1) is 16.3 Å². The number of hydrogen-bond donors (Lipinski definition) is 0. The summed E-state index contributed by atoms with van der Waals surface area (Å²) in [6.45, 7) is 0. The number of benzene rings is 4. The Kier molecular flexibility index (Phi) is 4.32. The van der Waals surface area contributed by atoms with E-state index in [9.17, 15) is 20.2 Å². The molecule has 136 valence electrons. The van der Waals surface area contributed by atoms with Gasteiger partial charge in [-0.2, -0.15) is 0 Å². The van der Waals surface area contributed by atoms with Gasteiger partial charge < -0.3 is 0 Å². The van der Waals surface area contributed by atoms with E-state index in [1.54, 1.807) is 0 Å². The van der Waals surface area contributed by atoms with E-state index < -0.39 is 16.0 Å². The molecule has 0 unspecified atom stereocenters. The predicted octanol–water partition coefficient (Wildman–Crippen LogP) is 5.18. The van der Waals surface area contributed by atoms with Crippen molar-refractivity contribution in [2.75, 3.05) is 0 Å². The zero-order valence-corrected chi connectivity index (χ0v) is 14.6. The molecule has 4 aromatic rings. The summed E-state index contributed by atoms with van der Waals surface area (Å²) in [5.74, 6) is 0. The minimum atomic E-state index is -1.70. The fraction of sp³-hybridized carbons (Fsp3) is 0.238. The summed E-state index contributed by atoms with van der Waals surface area (Å²) in [5.41, 5.74) is 1.18. The monoisotopic (exact) mass is 362 g/mol. The highest BCUT2D eigenvalue weighted by molar-refractivity contribution is 6.23. The Labute approximate surface area is 155 Å². The molecular weight excluding hydrogens is 344 g/mol. The van der Waals surface area contributed by atoms with Gasteiger partial charge in [-0.05, 0) is 57.1 Å². The lowest BCUT2D eigenvalue weighted by Gasteiger charge is -2.13. The summed E-state index contributed by atoms with van der Waals surface area (Å²) in [4.78, 5) is 19.9. The third kappa shape index (κ3) is 3.03. The zero-order valence-electron chi connectivity index (χ0n) is 14.6. The fourth-order valence-electron chi connectivity index (χ4n) is 3.94. The molecule has 0 aliphatic heterocycles. The van der Waals surface area contributed by atoms with Crippen LogP contribution in [0.5, 0.6) is 0 Å². The number of unbranched alkanes of at least 4 members (excludes halogenated alkanes) is 1. The van der Waals surface area contributed by atoms with Crippen LogP contribution < -0.4 is 0 Å². The molecule has 4 aromatic carbocycles. The predicted molar refractivity (Wildman–Crippen MR) is 105 cm³/mol. The van der Waals surface area contributed by atoms with Gasteiger partial charge in [0, 0.05) is 0 Å². The molecule has 0 saturated carbocycles. The van der Waals surface area contributed by atoms with Crippen LogP contribution >= 0.6 is 0 Å². The van der Waals surface area contributed by atoms with Crippen molar-refractivity contribution in [3.63, 3.8) is 0 Å². The molecule has 0 aromatic heterocycles. The maximum atomic E-state index is 10.7. The van der Waals surface area contributed by atoms with Crippen LogP contribution in [0.3, 0.4) is 0 Å². The van der Waals surface area contributed by atoms with Crippen LogP contribution in [0.2, 0.25) is 0 Å². The summed E-state index contributed by atoms with van der Waals surface area (Å²) in [7, 11) is 0. The molecule has 4 rings (SSSR count). The molecule has 0 amide bonds. The molecule has 0 atom stereocenters. The van der Waals surface area contributed by atoms with Crippen LogP contribution in [0.1, 0.15) is 24.8 Å². The summed E-state index contributed by atoms with van der Waals surface area (Å²) in [6, 6.07) is 19.0. The average Bonchev–Trinajstić information content (AvgIpc) is 2.66. The molecule has 0 heterocycles. The van der Waals surface area contributed by atoms with Crippen molar-refractivity contribution < 1.29 is 9.85 Å². The Morgan fingerprint density at radius 3 is 2.00 bits per heavy atom. The summed E-state index contributed by atoms with van der Waals surface area (Å²) >= 11 is 0. The highest BCUT2D eigenvalue weighted by atomic mass is 16.7. The summed E-state index contributed by atoms with van der Waals surface area (Å²) in [5, 5.41) is 28.8. The molecule has 0 saturated heterocycles. The van der Waals surface area contributed by atoms with E-state index in [0.29, 0.717) is 12.8 Å². The lowest BCUT2D eigenvalue weighted by molar-refractivity contribution is -0.743. The topological polar surface area (TPSA) is 86.3 Å². The van der Waals surface area contributed by atoms with Gasteiger partial charge >= 0.3 is 6.17 Å². The van der Waals surface area contributed by atoms with Crippen molar-refractivity contribution in [1.29, 1.82) is 0 Å². The molecule has 0 aliphatic carbocycles. The zero-order chi connectivity index (χ0) is 19.0. The number of hydrogen-bond acceptors (Lipinski definition) is 4. The van der Waals surface area contributed by atoms with Gasteiger partial charge in [0.15, 0.2) is 0 Å². The molecule has 0 bridgehead atoms. The van der Waals surface area contributed by atoms with Crippen molar-refractivity contribution in [2.45, 2.75) is 31.8 Å². The standard InChI is InChI=1S/C21H18N2O4/c24-22(25)19(23(26)27)7-2-1-4-14-8-9-17-11-10-15-5-3-6-16-12-13-18(14)21(17)20(15)16/h3,5-6,8-13,19H,1-2,4,7H2. The van der Waals surface area contributed by atoms with Crippen molar-refractivity contribution in [2.24, 2.45) is 0 Å². The van der Waals surface area contributed by atoms with Gasteiger partial charge in [-0.1, -0.05) is 54.6 Å². The Hall–Kier alpha value is -3.28. The van der Waals surface area contributed by atoms with Crippen LogP contribution in [-0.2, 0) is 6.42 Å². The average molecular weight is 362 g/mol. The van der Waals surface area contributed by atoms with Crippen molar-refractivity contribution in [3.8, 4) is 0 Å². The maximum Gasteiger partial charge on any atom is 0.450 e. The van der Waals surface area contributed by atoms with E-state index in [1.807, 2.05) is 0 Å². The first-order chi connectivity index (χ1) is 13.1. The smallest absolute Gasteiger partial charge is 0.259 e. The van der Waals surface area contributed by atoms with Crippen LogP contribution in [0, 0.1) is 20.2 Å². The first-order valence-corrected chi connectivity index (χ1v) is 8.98. The Balaban J connectivity index is 1.61. The SMILES string of the molecule is O=[N+]([O-])C(CCCCc1ccc2ccc3cccc4ccc1c2c34)[N+](=O)[O-]. The van der Waals surface area contributed by atoms with Crippen LogP contribution in [-0.4, -0.2) is 16.0 Å². The summed E-state index contributed by atoms with van der Waals surface area (Å²) in [6.07, 6.45) is 0.144. The minimum absolute atomic E-state index is 0.0359. The Bertz CT molecular complexity index is 1130. The highest BCUT2D eigenvalue weighted by Gasteiger charge is 2.30. The molecule has 6 nitrogen and oxygen atoms in total. The van der Waals surface area contributed by atoms with Crippen molar-refractivity contribution in [3.05, 3.63) is 80.4 Å². The van der Waals surface area contributed by atoms with Gasteiger partial charge in [0.2, 0.25) is 0 Å². The first kappa shape index (κ1) is 17.1. The largest absolute Gasteiger partial charge is 0.450 e. The number of nitro groups is 2. The van der Waals surface area contributed by atoms with Gasteiger partial charge in [0.1, 0.15) is 0 Å². The molecule has 27 heavy (non-hydrogen) atoms. The van der Waals surface area contributed by atoms with E-state index in [1.165, 1.54) is 37.9 Å². The molecule has 0 fully saturated rings. The second kappa shape index (κ2) is 6.79. The van der Waals surface area contributed by atoms with Crippen LogP contribution in [0.25, 0.3) is 32.3 Å². The van der Waals surface area contributed by atoms with E-state index in [4.69, 9.17) is 0 Å². The Morgan fingerprint density at radius 2 is 1.33 bits per heavy atom. The first-order valence-electron chi connectivity index (χ1n) is 8.98.